The lowest BCUT2D eigenvalue weighted by Gasteiger charge is -2.30. The van der Waals surface area contributed by atoms with Crippen LogP contribution in [0.2, 0.25) is 0 Å². The predicted octanol–water partition coefficient (Wildman–Crippen LogP) is -1.73. The lowest BCUT2D eigenvalue weighted by molar-refractivity contribution is -0.136. The van der Waals surface area contributed by atoms with Crippen LogP contribution in [0, 0.1) is 29.6 Å². The number of nitrogens with one attached hydrogen (secondary N) is 7. The molecule has 0 aliphatic rings. The summed E-state index contributed by atoms with van der Waals surface area (Å²) >= 11 is 0. The Hall–Kier alpha value is -5.78. The largest absolute Gasteiger partial charge is 0.370 e. The molecule has 0 saturated heterocycles. The van der Waals surface area contributed by atoms with Crippen LogP contribution in [0.15, 0.2) is 9.98 Å². The second kappa shape index (κ2) is 34.5. The summed E-state index contributed by atoms with van der Waals surface area (Å²) in [6, 6.07) is -8.86. The highest BCUT2D eigenvalue weighted by Crippen LogP contribution is 2.14. The number of carbonyl (C=O) groups excluding carboxylic acids is 8. The molecule has 24 nitrogen and oxygen atoms in total. The average molecular weight is 1010 g/mol. The van der Waals surface area contributed by atoms with E-state index >= 15 is 0 Å². The van der Waals surface area contributed by atoms with Crippen LogP contribution in [0.3, 0.4) is 0 Å². The van der Waals surface area contributed by atoms with Crippen molar-refractivity contribution in [2.24, 2.45) is 79.7 Å². The smallest absolute Gasteiger partial charge is 0.243 e. The first-order valence-corrected chi connectivity index (χ1v) is 25.1. The summed E-state index contributed by atoms with van der Waals surface area (Å²) in [6.45, 7) is 19.1. The lowest BCUT2D eigenvalue weighted by atomic mass is 9.98. The molecule has 8 amide bonds. The van der Waals surface area contributed by atoms with Crippen LogP contribution >= 0.6 is 0 Å². The van der Waals surface area contributed by atoms with Crippen molar-refractivity contribution in [3.63, 3.8) is 0 Å². The Labute approximate surface area is 421 Å². The van der Waals surface area contributed by atoms with Crippen LogP contribution in [0.1, 0.15) is 140 Å². The van der Waals surface area contributed by atoms with Gasteiger partial charge in [0.25, 0.3) is 0 Å². The molecule has 0 fully saturated rings. The number of hydrogen-bond donors (Lipinski definition) is 14. The fraction of sp³-hybridized carbons (Fsp3) is 0.787. The number of nitrogens with zero attached hydrogens (tertiary/aromatic N) is 2. The molecule has 0 rings (SSSR count). The minimum absolute atomic E-state index is 0.000754. The van der Waals surface area contributed by atoms with Gasteiger partial charge in [0.2, 0.25) is 47.3 Å². The monoisotopic (exact) mass is 1010 g/mol. The SMILES string of the molecule is CC(C)C[C@H](NC(=O)[C@H](CC(C)C)NC(=O)[C@H](CC(C)C)NC(=O)[C@@H](N)CC(C)C)C(=O)N[C@@H](CCCN=C(N)N)C(=O)N[C@H](C(=O)N[C@@H](CCCCN)C(=O)N[C@@H](CCCN=C(N)N)C(N)=O)C(C)C. The fourth-order valence-electron chi connectivity index (χ4n) is 7.47. The van der Waals surface area contributed by atoms with Crippen molar-refractivity contribution in [1.82, 2.24) is 37.2 Å². The van der Waals surface area contributed by atoms with Crippen LogP contribution in [0.25, 0.3) is 0 Å². The second-order valence-corrected chi connectivity index (χ2v) is 20.3. The lowest BCUT2D eigenvalue weighted by Crippen LogP contribution is -2.61. The Kier molecular flexibility index (Phi) is 31.7. The number of guanidine groups is 2. The summed E-state index contributed by atoms with van der Waals surface area (Å²) in [4.78, 5) is 117. The molecule has 0 radical (unpaired) electrons. The first-order chi connectivity index (χ1) is 33.1. The Morgan fingerprint density at radius 1 is 0.394 bits per heavy atom. The van der Waals surface area contributed by atoms with Gasteiger partial charge in [0, 0.05) is 13.1 Å². The van der Waals surface area contributed by atoms with E-state index in [1.165, 1.54) is 0 Å². The fourth-order valence-corrected chi connectivity index (χ4v) is 7.47. The topological polar surface area (TPSA) is 428 Å². The molecule has 21 N–H and O–H groups in total. The zero-order valence-electron chi connectivity index (χ0n) is 44.1. The molecule has 0 unspecified atom stereocenters. The molecule has 0 bridgehead atoms. The normalized spacial score (nSPS) is 14.8. The van der Waals surface area contributed by atoms with E-state index in [1.54, 1.807) is 13.8 Å². The van der Waals surface area contributed by atoms with Gasteiger partial charge in [-0.2, -0.15) is 0 Å². The average Bonchev–Trinajstić information content (AvgIpc) is 3.24. The van der Waals surface area contributed by atoms with E-state index < -0.39 is 102 Å². The molecular weight excluding hydrogens is 917 g/mol. The summed E-state index contributed by atoms with van der Waals surface area (Å²) in [6.07, 6.45) is 2.78. The molecule has 0 aromatic rings. The van der Waals surface area contributed by atoms with E-state index in [4.69, 9.17) is 40.1 Å². The van der Waals surface area contributed by atoms with Crippen LogP contribution < -0.4 is 77.4 Å². The van der Waals surface area contributed by atoms with E-state index in [0.717, 1.165) is 0 Å². The first-order valence-electron chi connectivity index (χ1n) is 25.1. The van der Waals surface area contributed by atoms with E-state index in [1.807, 2.05) is 55.4 Å². The maximum Gasteiger partial charge on any atom is 0.243 e. The van der Waals surface area contributed by atoms with Gasteiger partial charge < -0.3 is 77.4 Å². The molecule has 0 aliphatic heterocycles. The molecule has 0 heterocycles. The quantitative estimate of drug-likeness (QED) is 0.0189. The molecule has 0 saturated carbocycles. The Morgan fingerprint density at radius 3 is 1.08 bits per heavy atom. The number of carbonyl (C=O) groups is 8. The second-order valence-electron chi connectivity index (χ2n) is 20.3. The van der Waals surface area contributed by atoms with Gasteiger partial charge in [0.15, 0.2) is 11.9 Å². The van der Waals surface area contributed by atoms with Crippen molar-refractivity contribution in [1.29, 1.82) is 0 Å². The van der Waals surface area contributed by atoms with E-state index in [0.29, 0.717) is 32.2 Å². The van der Waals surface area contributed by atoms with E-state index in [-0.39, 0.29) is 93.6 Å². The van der Waals surface area contributed by atoms with Gasteiger partial charge in [-0.25, -0.2) is 0 Å². The molecule has 408 valence electrons. The van der Waals surface area contributed by atoms with Gasteiger partial charge in [-0.05, 0) is 107 Å². The number of rotatable bonds is 36. The van der Waals surface area contributed by atoms with Crippen LogP contribution in [0.4, 0.5) is 0 Å². The predicted molar refractivity (Wildman–Crippen MR) is 276 cm³/mol. The molecule has 0 spiro atoms. The summed E-state index contributed by atoms with van der Waals surface area (Å²) in [5, 5.41) is 19.2. The van der Waals surface area contributed by atoms with Crippen molar-refractivity contribution in [3.8, 4) is 0 Å². The zero-order valence-corrected chi connectivity index (χ0v) is 44.1. The van der Waals surface area contributed by atoms with Crippen LogP contribution in [-0.2, 0) is 38.4 Å². The first kappa shape index (κ1) is 65.2. The highest BCUT2D eigenvalue weighted by atomic mass is 16.2. The maximum atomic E-state index is 14.3. The third-order valence-electron chi connectivity index (χ3n) is 11.1. The molecule has 71 heavy (non-hydrogen) atoms. The van der Waals surface area contributed by atoms with Gasteiger partial charge >= 0.3 is 0 Å². The molecule has 24 heteroatoms. The van der Waals surface area contributed by atoms with Crippen molar-refractivity contribution in [2.75, 3.05) is 19.6 Å². The Bertz CT molecular complexity index is 1750. The number of aliphatic imine (C=N–C) groups is 2. The third-order valence-corrected chi connectivity index (χ3v) is 11.1. The minimum atomic E-state index is -1.27. The number of hydrogen-bond acceptors (Lipinski definition) is 12. The van der Waals surface area contributed by atoms with Crippen molar-refractivity contribution in [2.45, 2.75) is 188 Å². The Morgan fingerprint density at radius 2 is 0.718 bits per heavy atom. The maximum absolute atomic E-state index is 14.3. The number of nitrogens with two attached hydrogens (primary N) is 7. The van der Waals surface area contributed by atoms with E-state index in [2.05, 4.69) is 47.2 Å². The van der Waals surface area contributed by atoms with Crippen molar-refractivity contribution < 1.29 is 38.4 Å². The van der Waals surface area contributed by atoms with Gasteiger partial charge in [-0.15, -0.1) is 0 Å². The van der Waals surface area contributed by atoms with Crippen molar-refractivity contribution >= 4 is 59.2 Å². The zero-order chi connectivity index (χ0) is 54.5. The minimum Gasteiger partial charge on any atom is -0.370 e. The number of primary amides is 1. The van der Waals surface area contributed by atoms with Crippen LogP contribution in [-0.4, -0.2) is 127 Å². The summed E-state index contributed by atoms with van der Waals surface area (Å²) in [5.41, 5.74) is 39.3. The molecule has 8 atom stereocenters. The summed E-state index contributed by atoms with van der Waals surface area (Å²) in [5.74, 6) is -6.30. The Balaban J connectivity index is 6.69. The standard InChI is InChI=1S/C47H92N16O8/c1-25(2)21-30(49)39(65)60-34(22-26(3)4)43(69)62-36(24-28(7)8)44(70)61-35(23-27(5)6)42(68)58-33(17-14-20-56-47(53)54)41(67)63-37(29(9)10)45(71)59-32(15-11-12-18-48)40(66)57-31(38(50)64)16-13-19-55-46(51)52/h25-37H,11-24,48-49H2,1-10H3,(H2,50,64)(H,57,66)(H,58,68)(H,59,71)(H,60,65)(H,61,70)(H,62,69)(H,63,67)(H4,51,52,55)(H4,53,54,56)/t30-,31-,32-,33-,34-,35-,36-,37-/m0/s1. The number of amides is 8. The van der Waals surface area contributed by atoms with Crippen molar-refractivity contribution in [3.05, 3.63) is 0 Å². The number of unbranched alkanes of at least 4 members (excludes halogenated alkanes) is 1. The molecule has 0 aromatic heterocycles. The van der Waals surface area contributed by atoms with E-state index in [9.17, 15) is 38.4 Å². The van der Waals surface area contributed by atoms with Gasteiger partial charge in [-0.3, -0.25) is 48.3 Å². The van der Waals surface area contributed by atoms with Gasteiger partial charge in [0.1, 0.15) is 42.3 Å². The highest BCUT2D eigenvalue weighted by Gasteiger charge is 2.35. The van der Waals surface area contributed by atoms with Gasteiger partial charge in [-0.1, -0.05) is 69.2 Å². The third kappa shape index (κ3) is 28.6. The van der Waals surface area contributed by atoms with Gasteiger partial charge in [0.05, 0.1) is 6.04 Å². The molecule has 0 aromatic carbocycles. The summed E-state index contributed by atoms with van der Waals surface area (Å²) < 4.78 is 0. The highest BCUT2D eigenvalue weighted by molar-refractivity contribution is 5.97. The molecular formula is C47H92N16O8. The molecule has 0 aliphatic carbocycles. The van der Waals surface area contributed by atoms with Crippen LogP contribution in [0.5, 0.6) is 0 Å². The summed E-state index contributed by atoms with van der Waals surface area (Å²) in [7, 11) is 0.